The van der Waals surface area contributed by atoms with E-state index in [1.54, 1.807) is 13.0 Å². The van der Waals surface area contributed by atoms with Crippen molar-refractivity contribution >= 4 is 17.3 Å². The van der Waals surface area contributed by atoms with E-state index in [4.69, 9.17) is 9.47 Å². The van der Waals surface area contributed by atoms with Crippen LogP contribution < -0.4 is 9.64 Å². The second-order valence-corrected chi connectivity index (χ2v) is 5.56. The number of hydrogen-bond acceptors (Lipinski definition) is 6. The summed E-state index contributed by atoms with van der Waals surface area (Å²) < 4.78 is 10.2. The largest absolute Gasteiger partial charge is 0.496 e. The van der Waals surface area contributed by atoms with Crippen LogP contribution in [-0.2, 0) is 4.74 Å². The van der Waals surface area contributed by atoms with Crippen molar-refractivity contribution in [3.63, 3.8) is 0 Å². The molecule has 1 saturated heterocycles. The molecule has 0 amide bonds. The number of piperidine rings is 1. The van der Waals surface area contributed by atoms with Crippen LogP contribution in [0.15, 0.2) is 12.1 Å². The summed E-state index contributed by atoms with van der Waals surface area (Å²) >= 11 is 0. The third kappa shape index (κ3) is 3.55. The molecule has 126 valence electrons. The molecule has 1 aliphatic rings. The first-order valence-electron chi connectivity index (χ1n) is 7.79. The van der Waals surface area contributed by atoms with Crippen LogP contribution in [-0.4, -0.2) is 37.2 Å². The highest BCUT2D eigenvalue weighted by Crippen LogP contribution is 2.38. The van der Waals surface area contributed by atoms with E-state index in [9.17, 15) is 14.9 Å². The zero-order chi connectivity index (χ0) is 17.0. The van der Waals surface area contributed by atoms with Crippen molar-refractivity contribution < 1.29 is 19.2 Å². The summed E-state index contributed by atoms with van der Waals surface area (Å²) in [5.74, 6) is -0.326. The topological polar surface area (TPSA) is 81.9 Å². The Morgan fingerprint density at radius 2 is 2.17 bits per heavy atom. The smallest absolute Gasteiger partial charge is 0.342 e. The van der Waals surface area contributed by atoms with E-state index in [0.717, 1.165) is 25.8 Å². The fraction of sp³-hybridized carbons (Fsp3) is 0.562. The SMILES string of the molecule is CCOC(=O)c1cc([N+](=O)[O-])c(N2CCCC[C@H]2C)cc1OC. The van der Waals surface area contributed by atoms with Gasteiger partial charge in [0.25, 0.3) is 5.69 Å². The van der Waals surface area contributed by atoms with Crippen molar-refractivity contribution in [2.75, 3.05) is 25.2 Å². The van der Waals surface area contributed by atoms with E-state index in [-0.39, 0.29) is 23.9 Å². The Morgan fingerprint density at radius 1 is 1.43 bits per heavy atom. The fourth-order valence-electron chi connectivity index (χ4n) is 2.93. The van der Waals surface area contributed by atoms with Gasteiger partial charge in [-0.1, -0.05) is 0 Å². The molecule has 0 aromatic heterocycles. The third-order valence-corrected chi connectivity index (χ3v) is 4.10. The van der Waals surface area contributed by atoms with E-state index in [2.05, 4.69) is 6.92 Å². The van der Waals surface area contributed by atoms with E-state index in [0.29, 0.717) is 11.4 Å². The predicted octanol–water partition coefficient (Wildman–Crippen LogP) is 3.16. The third-order valence-electron chi connectivity index (χ3n) is 4.10. The predicted molar refractivity (Wildman–Crippen MR) is 86.3 cm³/mol. The van der Waals surface area contributed by atoms with Gasteiger partial charge in [0.15, 0.2) is 0 Å². The molecule has 1 aliphatic heterocycles. The second kappa shape index (κ2) is 7.30. The average molecular weight is 322 g/mol. The van der Waals surface area contributed by atoms with Crippen molar-refractivity contribution in [2.24, 2.45) is 0 Å². The Kier molecular flexibility index (Phi) is 5.41. The van der Waals surface area contributed by atoms with Crippen molar-refractivity contribution in [3.8, 4) is 5.75 Å². The number of rotatable bonds is 5. The molecule has 2 rings (SSSR count). The Morgan fingerprint density at radius 3 is 2.74 bits per heavy atom. The van der Waals surface area contributed by atoms with Crippen LogP contribution in [0.5, 0.6) is 5.75 Å². The molecule has 0 spiro atoms. The van der Waals surface area contributed by atoms with Gasteiger partial charge in [-0.05, 0) is 33.1 Å². The van der Waals surface area contributed by atoms with Gasteiger partial charge in [-0.15, -0.1) is 0 Å². The van der Waals surface area contributed by atoms with Crippen LogP contribution in [0.4, 0.5) is 11.4 Å². The zero-order valence-corrected chi connectivity index (χ0v) is 13.7. The number of methoxy groups -OCH3 is 1. The summed E-state index contributed by atoms with van der Waals surface area (Å²) in [6.07, 6.45) is 3.09. The van der Waals surface area contributed by atoms with Crippen LogP contribution >= 0.6 is 0 Å². The minimum Gasteiger partial charge on any atom is -0.496 e. The molecule has 0 bridgehead atoms. The minimum absolute atomic E-state index is 0.0782. The van der Waals surface area contributed by atoms with Gasteiger partial charge < -0.3 is 14.4 Å². The molecule has 1 atom stereocenters. The lowest BCUT2D eigenvalue weighted by Crippen LogP contribution is -2.37. The van der Waals surface area contributed by atoms with E-state index in [1.165, 1.54) is 13.2 Å². The van der Waals surface area contributed by atoms with Crippen LogP contribution in [0.25, 0.3) is 0 Å². The van der Waals surface area contributed by atoms with Crippen LogP contribution in [0.3, 0.4) is 0 Å². The number of ether oxygens (including phenoxy) is 2. The molecular formula is C16H22N2O5. The van der Waals surface area contributed by atoms with Crippen LogP contribution in [0, 0.1) is 10.1 Å². The lowest BCUT2D eigenvalue weighted by Gasteiger charge is -2.35. The summed E-state index contributed by atoms with van der Waals surface area (Å²) in [6, 6.07) is 3.04. The van der Waals surface area contributed by atoms with Gasteiger partial charge in [0.2, 0.25) is 0 Å². The lowest BCUT2D eigenvalue weighted by molar-refractivity contribution is -0.384. The van der Waals surface area contributed by atoms with Crippen molar-refractivity contribution in [1.82, 2.24) is 0 Å². The number of hydrogen-bond donors (Lipinski definition) is 0. The Hall–Kier alpha value is -2.31. The molecule has 7 nitrogen and oxygen atoms in total. The molecule has 23 heavy (non-hydrogen) atoms. The number of esters is 1. The Balaban J connectivity index is 2.53. The second-order valence-electron chi connectivity index (χ2n) is 5.56. The Bertz CT molecular complexity index is 602. The number of benzene rings is 1. The summed E-state index contributed by atoms with van der Waals surface area (Å²) in [5, 5.41) is 11.5. The maximum atomic E-state index is 12.0. The molecule has 0 unspecified atom stereocenters. The van der Waals surface area contributed by atoms with Gasteiger partial charge in [-0.2, -0.15) is 0 Å². The van der Waals surface area contributed by atoms with Gasteiger partial charge in [-0.25, -0.2) is 4.79 Å². The van der Waals surface area contributed by atoms with Crippen molar-refractivity contribution in [3.05, 3.63) is 27.8 Å². The van der Waals surface area contributed by atoms with Gasteiger partial charge in [0, 0.05) is 24.7 Å². The maximum absolute atomic E-state index is 12.0. The van der Waals surface area contributed by atoms with Crippen LogP contribution in [0.1, 0.15) is 43.5 Å². The molecular weight excluding hydrogens is 300 g/mol. The Labute approximate surface area is 135 Å². The fourth-order valence-corrected chi connectivity index (χ4v) is 2.93. The van der Waals surface area contributed by atoms with Gasteiger partial charge in [-0.3, -0.25) is 10.1 Å². The first-order valence-corrected chi connectivity index (χ1v) is 7.79. The number of anilines is 1. The summed E-state index contributed by atoms with van der Waals surface area (Å²) in [5.41, 5.74) is 0.476. The molecule has 1 aromatic carbocycles. The number of carbonyl (C=O) groups excluding carboxylic acids is 1. The maximum Gasteiger partial charge on any atom is 0.342 e. The molecule has 7 heteroatoms. The lowest BCUT2D eigenvalue weighted by atomic mass is 10.0. The molecule has 0 N–H and O–H groups in total. The monoisotopic (exact) mass is 322 g/mol. The molecule has 0 aliphatic carbocycles. The summed E-state index contributed by atoms with van der Waals surface area (Å²) in [7, 11) is 1.44. The molecule has 0 radical (unpaired) electrons. The number of nitro groups is 1. The first kappa shape index (κ1) is 17.1. The van der Waals surface area contributed by atoms with E-state index < -0.39 is 10.9 Å². The zero-order valence-electron chi connectivity index (χ0n) is 13.7. The van der Waals surface area contributed by atoms with E-state index in [1.807, 2.05) is 4.90 Å². The van der Waals surface area contributed by atoms with Gasteiger partial charge in [0.1, 0.15) is 17.0 Å². The standard InChI is InChI=1S/C16H22N2O5/c1-4-23-16(19)12-9-14(18(20)21)13(10-15(12)22-3)17-8-6-5-7-11(17)2/h9-11H,4-8H2,1-3H3/t11-/m1/s1. The molecule has 1 heterocycles. The average Bonchev–Trinajstić information content (AvgIpc) is 2.54. The molecule has 1 aromatic rings. The summed E-state index contributed by atoms with van der Waals surface area (Å²) in [6.45, 7) is 4.68. The van der Waals surface area contributed by atoms with Gasteiger partial charge >= 0.3 is 5.97 Å². The molecule has 1 fully saturated rings. The highest BCUT2D eigenvalue weighted by atomic mass is 16.6. The minimum atomic E-state index is -0.620. The number of nitrogens with zero attached hydrogens (tertiary/aromatic N) is 2. The quantitative estimate of drug-likeness (QED) is 0.470. The molecule has 0 saturated carbocycles. The highest BCUT2D eigenvalue weighted by molar-refractivity contribution is 5.95. The van der Waals surface area contributed by atoms with E-state index >= 15 is 0 Å². The van der Waals surface area contributed by atoms with Crippen molar-refractivity contribution in [1.29, 1.82) is 0 Å². The first-order chi connectivity index (χ1) is 11.0. The highest BCUT2D eigenvalue weighted by Gasteiger charge is 2.29. The number of nitro benzene ring substituents is 1. The normalized spacial score (nSPS) is 17.7. The number of carbonyl (C=O) groups is 1. The van der Waals surface area contributed by atoms with Crippen molar-refractivity contribution in [2.45, 2.75) is 39.2 Å². The van der Waals surface area contributed by atoms with Gasteiger partial charge in [0.05, 0.1) is 18.6 Å². The van der Waals surface area contributed by atoms with Crippen LogP contribution in [0.2, 0.25) is 0 Å². The summed E-state index contributed by atoms with van der Waals surface area (Å²) in [4.78, 5) is 25.1.